The number of benzene rings is 4. The first-order valence-electron chi connectivity index (χ1n) is 12.7. The van der Waals surface area contributed by atoms with E-state index in [0.717, 1.165) is 16.0 Å². The third kappa shape index (κ3) is 8.47. The Morgan fingerprint density at radius 2 is 1.51 bits per heavy atom. The van der Waals surface area contributed by atoms with Crippen LogP contribution in [0.15, 0.2) is 108 Å². The van der Waals surface area contributed by atoms with Crippen LogP contribution in [-0.4, -0.2) is 23.0 Å². The number of rotatable bonds is 9. The normalized spacial score (nSPS) is 11.9. The van der Waals surface area contributed by atoms with E-state index in [0.29, 0.717) is 27.0 Å². The second-order valence-corrected chi connectivity index (χ2v) is 11.3. The van der Waals surface area contributed by atoms with Gasteiger partial charge in [-0.2, -0.15) is 0 Å². The number of amides is 3. The first-order valence-corrected chi connectivity index (χ1v) is 14.3. The van der Waals surface area contributed by atoms with Gasteiger partial charge >= 0.3 is 0 Å². The number of halogens is 2. The van der Waals surface area contributed by atoms with Gasteiger partial charge in [0.2, 0.25) is 5.91 Å². The van der Waals surface area contributed by atoms with Crippen molar-refractivity contribution < 1.29 is 14.4 Å². The summed E-state index contributed by atoms with van der Waals surface area (Å²) in [5.41, 5.74) is 3.34. The molecule has 4 rings (SSSR count). The zero-order valence-corrected chi connectivity index (χ0v) is 24.6. The number of carbonyl (C=O) groups is 3. The van der Waals surface area contributed by atoms with Gasteiger partial charge < -0.3 is 16.0 Å². The topological polar surface area (TPSA) is 87.3 Å². The third-order valence-corrected chi connectivity index (χ3v) is 7.66. The molecular formula is C32H27Cl2N3O3S. The van der Waals surface area contributed by atoms with E-state index in [1.165, 1.54) is 11.8 Å². The molecule has 208 valence electrons. The molecular weight excluding hydrogens is 577 g/mol. The van der Waals surface area contributed by atoms with Gasteiger partial charge in [0.05, 0.1) is 16.0 Å². The SMILES string of the molecule is Cc1ccccc1/C=C(\NC(=O)c1ccccc1)C(=O)Nc1ccc(SC(C)C(=O)Nc2ccc(Cl)cc2Cl)cc1. The molecule has 0 aliphatic heterocycles. The Labute approximate surface area is 253 Å². The molecule has 4 aromatic carbocycles. The second-order valence-electron chi connectivity index (χ2n) is 9.09. The van der Waals surface area contributed by atoms with Crippen LogP contribution in [0.2, 0.25) is 10.0 Å². The third-order valence-electron chi connectivity index (χ3n) is 6.00. The van der Waals surface area contributed by atoms with E-state index in [1.807, 2.05) is 49.4 Å². The smallest absolute Gasteiger partial charge is 0.272 e. The van der Waals surface area contributed by atoms with E-state index in [-0.39, 0.29) is 17.5 Å². The maximum absolute atomic E-state index is 13.3. The molecule has 0 radical (unpaired) electrons. The zero-order valence-electron chi connectivity index (χ0n) is 22.3. The van der Waals surface area contributed by atoms with E-state index in [4.69, 9.17) is 23.2 Å². The van der Waals surface area contributed by atoms with Gasteiger partial charge in [-0.05, 0) is 85.6 Å². The van der Waals surface area contributed by atoms with Crippen LogP contribution in [0.1, 0.15) is 28.4 Å². The van der Waals surface area contributed by atoms with E-state index in [9.17, 15) is 14.4 Å². The van der Waals surface area contributed by atoms with Crippen LogP contribution in [0.5, 0.6) is 0 Å². The largest absolute Gasteiger partial charge is 0.324 e. The summed E-state index contributed by atoms with van der Waals surface area (Å²) in [4.78, 5) is 39.7. The van der Waals surface area contributed by atoms with Crippen molar-refractivity contribution in [2.45, 2.75) is 24.0 Å². The highest BCUT2D eigenvalue weighted by atomic mass is 35.5. The fourth-order valence-electron chi connectivity index (χ4n) is 3.74. The van der Waals surface area contributed by atoms with Gasteiger partial charge in [-0.15, -0.1) is 11.8 Å². The monoisotopic (exact) mass is 603 g/mol. The summed E-state index contributed by atoms with van der Waals surface area (Å²) >= 11 is 13.5. The van der Waals surface area contributed by atoms with Crippen LogP contribution in [0.3, 0.4) is 0 Å². The molecule has 0 heterocycles. The Balaban J connectivity index is 1.43. The summed E-state index contributed by atoms with van der Waals surface area (Å²) < 4.78 is 0. The van der Waals surface area contributed by atoms with Crippen molar-refractivity contribution in [2.75, 3.05) is 10.6 Å². The maximum Gasteiger partial charge on any atom is 0.272 e. The number of hydrogen-bond donors (Lipinski definition) is 3. The van der Waals surface area contributed by atoms with Crippen molar-refractivity contribution in [3.63, 3.8) is 0 Å². The number of nitrogens with one attached hydrogen (secondary N) is 3. The minimum absolute atomic E-state index is 0.109. The lowest BCUT2D eigenvalue weighted by molar-refractivity contribution is -0.115. The van der Waals surface area contributed by atoms with Crippen molar-refractivity contribution in [2.24, 2.45) is 0 Å². The molecule has 0 spiro atoms. The molecule has 0 saturated carbocycles. The predicted octanol–water partition coefficient (Wildman–Crippen LogP) is 7.83. The molecule has 41 heavy (non-hydrogen) atoms. The lowest BCUT2D eigenvalue weighted by Gasteiger charge is -2.14. The summed E-state index contributed by atoms with van der Waals surface area (Å²) in [6.45, 7) is 3.72. The molecule has 1 unspecified atom stereocenters. The van der Waals surface area contributed by atoms with Gasteiger partial charge in [0.1, 0.15) is 5.70 Å². The Bertz CT molecular complexity index is 1590. The van der Waals surface area contributed by atoms with Crippen LogP contribution >= 0.6 is 35.0 Å². The van der Waals surface area contributed by atoms with Gasteiger partial charge in [-0.25, -0.2) is 0 Å². The van der Waals surface area contributed by atoms with Crippen molar-refractivity contribution in [3.05, 3.63) is 129 Å². The molecule has 4 aromatic rings. The van der Waals surface area contributed by atoms with Crippen molar-refractivity contribution in [3.8, 4) is 0 Å². The quantitative estimate of drug-likeness (QED) is 0.134. The second kappa shape index (κ2) is 14.0. The average molecular weight is 605 g/mol. The highest BCUT2D eigenvalue weighted by Gasteiger charge is 2.18. The molecule has 0 bridgehead atoms. The molecule has 0 fully saturated rings. The van der Waals surface area contributed by atoms with E-state index >= 15 is 0 Å². The highest BCUT2D eigenvalue weighted by Crippen LogP contribution is 2.29. The minimum Gasteiger partial charge on any atom is -0.324 e. The Kier molecular flexibility index (Phi) is 10.2. The Hall–Kier alpha value is -4.04. The minimum atomic E-state index is -0.467. The van der Waals surface area contributed by atoms with Crippen molar-refractivity contribution in [1.29, 1.82) is 0 Å². The summed E-state index contributed by atoms with van der Waals surface area (Å²) in [7, 11) is 0. The summed E-state index contributed by atoms with van der Waals surface area (Å²) in [5.74, 6) is -1.07. The van der Waals surface area contributed by atoms with Gasteiger partial charge in [0.15, 0.2) is 0 Å². The van der Waals surface area contributed by atoms with E-state index in [1.54, 1.807) is 67.6 Å². The first kappa shape index (κ1) is 29.9. The molecule has 9 heteroatoms. The summed E-state index contributed by atoms with van der Waals surface area (Å²) in [5, 5.41) is 8.84. The van der Waals surface area contributed by atoms with Crippen LogP contribution < -0.4 is 16.0 Å². The number of aryl methyl sites for hydroxylation is 1. The average Bonchev–Trinajstić information content (AvgIpc) is 2.96. The van der Waals surface area contributed by atoms with Crippen LogP contribution in [-0.2, 0) is 9.59 Å². The maximum atomic E-state index is 13.3. The van der Waals surface area contributed by atoms with Crippen LogP contribution in [0, 0.1) is 6.92 Å². The predicted molar refractivity (Wildman–Crippen MR) is 169 cm³/mol. The number of hydrogen-bond acceptors (Lipinski definition) is 4. The van der Waals surface area contributed by atoms with E-state index in [2.05, 4.69) is 16.0 Å². The number of thioether (sulfide) groups is 1. The first-order chi connectivity index (χ1) is 19.7. The Morgan fingerprint density at radius 3 is 2.20 bits per heavy atom. The summed E-state index contributed by atoms with van der Waals surface area (Å²) in [6, 6.07) is 28.3. The molecule has 0 aliphatic carbocycles. The molecule has 0 saturated heterocycles. The molecule has 3 N–H and O–H groups in total. The fourth-order valence-corrected chi connectivity index (χ4v) is 5.07. The van der Waals surface area contributed by atoms with Crippen molar-refractivity contribution >= 4 is 70.1 Å². The van der Waals surface area contributed by atoms with Crippen LogP contribution in [0.4, 0.5) is 11.4 Å². The molecule has 0 aromatic heterocycles. The molecule has 0 aliphatic rings. The lowest BCUT2D eigenvalue weighted by atomic mass is 10.1. The Morgan fingerprint density at radius 1 is 0.829 bits per heavy atom. The standard InChI is InChI=1S/C32H27Cl2N3O3S/c1-20-8-6-7-11-23(20)18-29(37-31(39)22-9-4-3-5-10-22)32(40)35-25-13-15-26(16-14-25)41-21(2)30(38)36-28-17-12-24(33)19-27(28)34/h3-19,21H,1-2H3,(H,35,40)(H,36,38)(H,37,39)/b29-18-. The van der Waals surface area contributed by atoms with Gasteiger partial charge in [0.25, 0.3) is 11.8 Å². The molecule has 1 atom stereocenters. The number of carbonyl (C=O) groups excluding carboxylic acids is 3. The van der Waals surface area contributed by atoms with Gasteiger partial charge in [-0.1, -0.05) is 65.7 Å². The van der Waals surface area contributed by atoms with Gasteiger partial charge in [0, 0.05) is 21.2 Å². The highest BCUT2D eigenvalue weighted by molar-refractivity contribution is 8.00. The zero-order chi connectivity index (χ0) is 29.4. The van der Waals surface area contributed by atoms with E-state index < -0.39 is 11.2 Å². The van der Waals surface area contributed by atoms with Gasteiger partial charge in [-0.3, -0.25) is 14.4 Å². The number of anilines is 2. The molecule has 3 amide bonds. The fraction of sp³-hybridized carbons (Fsp3) is 0.0938. The molecule has 6 nitrogen and oxygen atoms in total. The summed E-state index contributed by atoms with van der Waals surface area (Å²) in [6.07, 6.45) is 1.66. The van der Waals surface area contributed by atoms with Crippen molar-refractivity contribution in [1.82, 2.24) is 5.32 Å². The lowest BCUT2D eigenvalue weighted by Crippen LogP contribution is -2.30. The van der Waals surface area contributed by atoms with Crippen LogP contribution in [0.25, 0.3) is 6.08 Å².